The SMILES string of the molecule is Cc1sc(C(=O)NN)cc1COCc1ccccc1. The first kappa shape index (κ1) is 13.7. The maximum Gasteiger partial charge on any atom is 0.275 e. The van der Waals surface area contributed by atoms with E-state index >= 15 is 0 Å². The van der Waals surface area contributed by atoms with Gasteiger partial charge in [0.05, 0.1) is 18.1 Å². The Kier molecular flexibility index (Phi) is 4.68. The molecule has 19 heavy (non-hydrogen) atoms. The minimum Gasteiger partial charge on any atom is -0.372 e. The summed E-state index contributed by atoms with van der Waals surface area (Å²) in [5.74, 6) is 4.85. The molecular formula is C14H16N2O2S. The van der Waals surface area contributed by atoms with Crippen LogP contribution in [0.25, 0.3) is 0 Å². The van der Waals surface area contributed by atoms with Crippen molar-refractivity contribution in [1.29, 1.82) is 0 Å². The molecule has 0 saturated carbocycles. The van der Waals surface area contributed by atoms with Crippen molar-refractivity contribution in [2.75, 3.05) is 0 Å². The number of aryl methyl sites for hydroxylation is 1. The van der Waals surface area contributed by atoms with E-state index in [1.807, 2.05) is 43.3 Å². The van der Waals surface area contributed by atoms with Gasteiger partial charge in [0, 0.05) is 4.88 Å². The van der Waals surface area contributed by atoms with Crippen molar-refractivity contribution < 1.29 is 9.53 Å². The second-order valence-corrected chi connectivity index (χ2v) is 5.40. The van der Waals surface area contributed by atoms with E-state index in [0.717, 1.165) is 16.0 Å². The third-order valence-electron chi connectivity index (χ3n) is 2.74. The van der Waals surface area contributed by atoms with Crippen molar-refractivity contribution in [2.45, 2.75) is 20.1 Å². The van der Waals surface area contributed by atoms with E-state index < -0.39 is 0 Å². The van der Waals surface area contributed by atoms with E-state index in [2.05, 4.69) is 5.43 Å². The molecular weight excluding hydrogens is 260 g/mol. The highest BCUT2D eigenvalue weighted by Gasteiger charge is 2.11. The molecule has 5 heteroatoms. The number of carbonyl (C=O) groups is 1. The van der Waals surface area contributed by atoms with Gasteiger partial charge in [-0.3, -0.25) is 10.2 Å². The summed E-state index contributed by atoms with van der Waals surface area (Å²) in [5.41, 5.74) is 4.30. The monoisotopic (exact) mass is 276 g/mol. The summed E-state index contributed by atoms with van der Waals surface area (Å²) >= 11 is 1.42. The van der Waals surface area contributed by atoms with Gasteiger partial charge in [0.15, 0.2) is 0 Å². The second kappa shape index (κ2) is 6.47. The predicted molar refractivity (Wildman–Crippen MR) is 75.6 cm³/mol. The van der Waals surface area contributed by atoms with Crippen LogP contribution in [0.3, 0.4) is 0 Å². The van der Waals surface area contributed by atoms with Crippen LogP contribution < -0.4 is 11.3 Å². The first-order chi connectivity index (χ1) is 9.20. The van der Waals surface area contributed by atoms with Gasteiger partial charge in [-0.25, -0.2) is 5.84 Å². The number of amides is 1. The number of hydrogen-bond acceptors (Lipinski definition) is 4. The molecule has 0 saturated heterocycles. The van der Waals surface area contributed by atoms with E-state index in [1.165, 1.54) is 11.3 Å². The molecule has 1 heterocycles. The van der Waals surface area contributed by atoms with E-state index in [1.54, 1.807) is 0 Å². The van der Waals surface area contributed by atoms with Crippen LogP contribution in [0, 0.1) is 6.92 Å². The van der Waals surface area contributed by atoms with Gasteiger partial charge in [0.25, 0.3) is 5.91 Å². The largest absolute Gasteiger partial charge is 0.372 e. The molecule has 0 fully saturated rings. The summed E-state index contributed by atoms with van der Waals surface area (Å²) in [6.45, 7) is 3.03. The highest BCUT2D eigenvalue weighted by atomic mass is 32.1. The van der Waals surface area contributed by atoms with Crippen molar-refractivity contribution in [3.63, 3.8) is 0 Å². The first-order valence-corrected chi connectivity index (χ1v) is 6.74. The van der Waals surface area contributed by atoms with Crippen molar-refractivity contribution in [3.05, 3.63) is 57.3 Å². The lowest BCUT2D eigenvalue weighted by Crippen LogP contribution is -2.29. The molecule has 0 aliphatic rings. The molecule has 1 aromatic heterocycles. The zero-order valence-corrected chi connectivity index (χ0v) is 11.5. The van der Waals surface area contributed by atoms with Gasteiger partial charge in [0.1, 0.15) is 0 Å². The molecule has 0 aliphatic heterocycles. The Labute approximate surface area is 116 Å². The Hall–Kier alpha value is -1.69. The molecule has 0 spiro atoms. The Balaban J connectivity index is 1.93. The van der Waals surface area contributed by atoms with Crippen LogP contribution >= 0.6 is 11.3 Å². The molecule has 2 rings (SSSR count). The number of carbonyl (C=O) groups excluding carboxylic acids is 1. The summed E-state index contributed by atoms with van der Waals surface area (Å²) in [6.07, 6.45) is 0. The maximum atomic E-state index is 11.4. The molecule has 3 N–H and O–H groups in total. The van der Waals surface area contributed by atoms with E-state index in [0.29, 0.717) is 18.1 Å². The minimum atomic E-state index is -0.262. The number of nitrogens with two attached hydrogens (primary N) is 1. The number of hydrazine groups is 1. The van der Waals surface area contributed by atoms with Crippen LogP contribution in [0.4, 0.5) is 0 Å². The first-order valence-electron chi connectivity index (χ1n) is 5.92. The number of rotatable bonds is 5. The van der Waals surface area contributed by atoms with Crippen LogP contribution in [-0.4, -0.2) is 5.91 Å². The molecule has 1 aromatic carbocycles. The molecule has 0 bridgehead atoms. The molecule has 0 atom stereocenters. The highest BCUT2D eigenvalue weighted by molar-refractivity contribution is 7.14. The van der Waals surface area contributed by atoms with E-state index in [4.69, 9.17) is 10.6 Å². The van der Waals surface area contributed by atoms with Gasteiger partial charge in [-0.05, 0) is 24.1 Å². The molecule has 2 aromatic rings. The van der Waals surface area contributed by atoms with Gasteiger partial charge in [-0.1, -0.05) is 30.3 Å². The summed E-state index contributed by atoms with van der Waals surface area (Å²) in [6, 6.07) is 11.8. The van der Waals surface area contributed by atoms with Gasteiger partial charge in [0.2, 0.25) is 0 Å². The fraction of sp³-hybridized carbons (Fsp3) is 0.214. The van der Waals surface area contributed by atoms with Crippen molar-refractivity contribution >= 4 is 17.2 Å². The Morgan fingerprint density at radius 2 is 2.05 bits per heavy atom. The van der Waals surface area contributed by atoms with Crippen LogP contribution in [0.1, 0.15) is 25.7 Å². The number of nitrogens with one attached hydrogen (secondary N) is 1. The fourth-order valence-electron chi connectivity index (χ4n) is 1.70. The average molecular weight is 276 g/mol. The van der Waals surface area contributed by atoms with Crippen molar-refractivity contribution in [2.24, 2.45) is 5.84 Å². The molecule has 1 amide bonds. The van der Waals surface area contributed by atoms with Gasteiger partial charge >= 0.3 is 0 Å². The lowest BCUT2D eigenvalue weighted by molar-refractivity contribution is 0.0956. The molecule has 4 nitrogen and oxygen atoms in total. The normalized spacial score (nSPS) is 10.4. The molecule has 100 valence electrons. The highest BCUT2D eigenvalue weighted by Crippen LogP contribution is 2.22. The topological polar surface area (TPSA) is 64.4 Å². The minimum absolute atomic E-state index is 0.262. The predicted octanol–water partition coefficient (Wildman–Crippen LogP) is 2.38. The van der Waals surface area contributed by atoms with Crippen LogP contribution in [0.5, 0.6) is 0 Å². The van der Waals surface area contributed by atoms with Gasteiger partial charge in [-0.2, -0.15) is 0 Å². The van der Waals surface area contributed by atoms with Crippen LogP contribution in [0.15, 0.2) is 36.4 Å². The number of nitrogen functional groups attached to an aromatic ring is 1. The molecule has 0 aliphatic carbocycles. The number of hydrogen-bond donors (Lipinski definition) is 2. The standard InChI is InChI=1S/C14H16N2O2S/c1-10-12(7-13(19-10)14(17)16-15)9-18-8-11-5-3-2-4-6-11/h2-7H,8-9,15H2,1H3,(H,16,17). The van der Waals surface area contributed by atoms with Crippen LogP contribution in [-0.2, 0) is 18.0 Å². The number of ether oxygens (including phenoxy) is 1. The zero-order valence-electron chi connectivity index (χ0n) is 10.7. The Morgan fingerprint density at radius 1 is 1.32 bits per heavy atom. The van der Waals surface area contributed by atoms with Gasteiger partial charge in [-0.15, -0.1) is 11.3 Å². The summed E-state index contributed by atoms with van der Waals surface area (Å²) in [4.78, 5) is 13.1. The molecule has 0 radical (unpaired) electrons. The Morgan fingerprint density at radius 3 is 2.74 bits per heavy atom. The number of thiophene rings is 1. The quantitative estimate of drug-likeness (QED) is 0.500. The van der Waals surface area contributed by atoms with E-state index in [9.17, 15) is 4.79 Å². The smallest absolute Gasteiger partial charge is 0.275 e. The van der Waals surface area contributed by atoms with E-state index in [-0.39, 0.29) is 5.91 Å². The third kappa shape index (κ3) is 3.64. The number of benzene rings is 1. The van der Waals surface area contributed by atoms with Crippen molar-refractivity contribution in [3.8, 4) is 0 Å². The zero-order chi connectivity index (χ0) is 13.7. The Bertz CT molecular complexity index is 552. The summed E-state index contributed by atoms with van der Waals surface area (Å²) < 4.78 is 5.66. The average Bonchev–Trinajstić information content (AvgIpc) is 2.81. The second-order valence-electron chi connectivity index (χ2n) is 4.14. The fourth-order valence-corrected chi connectivity index (χ4v) is 2.63. The van der Waals surface area contributed by atoms with Crippen molar-refractivity contribution in [1.82, 2.24) is 5.43 Å². The van der Waals surface area contributed by atoms with Crippen LogP contribution in [0.2, 0.25) is 0 Å². The molecule has 0 unspecified atom stereocenters. The maximum absolute atomic E-state index is 11.4. The van der Waals surface area contributed by atoms with Gasteiger partial charge < -0.3 is 4.74 Å². The lowest BCUT2D eigenvalue weighted by atomic mass is 10.2. The summed E-state index contributed by atoms with van der Waals surface area (Å²) in [7, 11) is 0. The lowest BCUT2D eigenvalue weighted by Gasteiger charge is -2.03. The third-order valence-corrected chi connectivity index (χ3v) is 3.84. The summed E-state index contributed by atoms with van der Waals surface area (Å²) in [5, 5.41) is 0.